The molecule has 0 unspecified atom stereocenters. The van der Waals surface area contributed by atoms with Crippen molar-refractivity contribution in [3.63, 3.8) is 0 Å². The summed E-state index contributed by atoms with van der Waals surface area (Å²) in [4.78, 5) is 13.1. The van der Waals surface area contributed by atoms with Gasteiger partial charge in [-0.3, -0.25) is 4.79 Å². The molecule has 8 N–H and O–H groups in total. The normalized spacial score (nSPS) is 22.0. The molecule has 0 bridgehead atoms. The van der Waals surface area contributed by atoms with E-state index in [0.29, 0.717) is 19.3 Å². The number of nitrogens with one attached hydrogen (secondary N) is 1. The van der Waals surface area contributed by atoms with Crippen molar-refractivity contribution in [2.24, 2.45) is 0 Å². The Balaban J connectivity index is 2.41. The summed E-state index contributed by atoms with van der Waals surface area (Å²) in [6.07, 6.45) is 28.3. The first-order valence-electron chi connectivity index (χ1n) is 24.1. The number of carbonyl (C=O) groups is 1. The van der Waals surface area contributed by atoms with Crippen molar-refractivity contribution in [2.45, 2.75) is 268 Å². The molecule has 0 aromatic carbocycles. The molecule has 1 saturated heterocycles. The van der Waals surface area contributed by atoms with Crippen LogP contribution in [0.3, 0.4) is 0 Å². The maximum absolute atomic E-state index is 13.1. The fourth-order valence-corrected chi connectivity index (χ4v) is 7.79. The minimum Gasteiger partial charge on any atom is -0.394 e. The van der Waals surface area contributed by atoms with Crippen molar-refractivity contribution in [3.05, 3.63) is 12.2 Å². The monoisotopic (exact) mass is 830 g/mol. The van der Waals surface area contributed by atoms with Gasteiger partial charge in [-0.1, -0.05) is 187 Å². The summed E-state index contributed by atoms with van der Waals surface area (Å²) in [5.74, 6) is -0.698. The van der Waals surface area contributed by atoms with E-state index >= 15 is 0 Å². The van der Waals surface area contributed by atoms with Crippen LogP contribution in [0.4, 0.5) is 0 Å². The van der Waals surface area contributed by atoms with E-state index in [0.717, 1.165) is 38.5 Å². The third-order valence-corrected chi connectivity index (χ3v) is 11.8. The lowest BCUT2D eigenvalue weighted by molar-refractivity contribution is -0.303. The SMILES string of the molecule is CCCCCCCC/C=C\CCCCCCCCCCC[C@@H](O)C(=O)N[C@@H](CO[C@@H]1O[C@H](CO)[C@@H](O)[C@H](O)[C@H]1O)[C@H](O)[C@H](O)CCCCCCCCCCCCCC. The number of hydrogen-bond donors (Lipinski definition) is 8. The number of ether oxygens (including phenoxy) is 2. The average Bonchev–Trinajstić information content (AvgIpc) is 3.22. The zero-order valence-corrected chi connectivity index (χ0v) is 37.0. The Morgan fingerprint density at radius 3 is 1.45 bits per heavy atom. The molecule has 0 aromatic heterocycles. The maximum Gasteiger partial charge on any atom is 0.249 e. The highest BCUT2D eigenvalue weighted by Gasteiger charge is 2.44. The van der Waals surface area contributed by atoms with E-state index in [1.807, 2.05) is 0 Å². The van der Waals surface area contributed by atoms with Gasteiger partial charge in [-0.25, -0.2) is 0 Å². The molecule has 1 fully saturated rings. The third-order valence-electron chi connectivity index (χ3n) is 11.8. The predicted molar refractivity (Wildman–Crippen MR) is 233 cm³/mol. The van der Waals surface area contributed by atoms with E-state index < -0.39 is 74.2 Å². The van der Waals surface area contributed by atoms with Crippen LogP contribution in [0.1, 0.15) is 213 Å². The van der Waals surface area contributed by atoms with Crippen molar-refractivity contribution >= 4 is 5.91 Å². The highest BCUT2D eigenvalue weighted by Crippen LogP contribution is 2.23. The lowest BCUT2D eigenvalue weighted by Crippen LogP contribution is -2.60. The number of aliphatic hydroxyl groups is 7. The fourth-order valence-electron chi connectivity index (χ4n) is 7.79. The summed E-state index contributed by atoms with van der Waals surface area (Å²) >= 11 is 0. The van der Waals surface area contributed by atoms with Gasteiger partial charge in [0, 0.05) is 0 Å². The Morgan fingerprint density at radius 1 is 0.586 bits per heavy atom. The lowest BCUT2D eigenvalue weighted by Gasteiger charge is -2.40. The summed E-state index contributed by atoms with van der Waals surface area (Å²) in [6.45, 7) is 3.43. The standard InChI is InChI=1S/C47H91NO10/c1-3-5-7-9-11-13-15-17-18-19-20-21-22-23-25-27-29-31-33-35-40(51)46(56)48-38(37-57-47-45(55)44(54)43(53)41(36-49)58-47)42(52)39(50)34-32-30-28-26-24-16-14-12-10-8-6-4-2/h17-18,38-45,47,49-55H,3-16,19-37H2,1-2H3,(H,48,56)/b18-17-/t38-,39+,40+,41+,42-,43+,44-,45+,47+/m0/s1. The van der Waals surface area contributed by atoms with Crippen LogP contribution in [0.25, 0.3) is 0 Å². The molecule has 0 saturated carbocycles. The van der Waals surface area contributed by atoms with Gasteiger partial charge in [0.1, 0.15) is 36.6 Å². The van der Waals surface area contributed by atoms with Crippen LogP contribution in [-0.4, -0.2) is 110 Å². The first-order chi connectivity index (χ1) is 28.2. The topological polar surface area (TPSA) is 189 Å². The van der Waals surface area contributed by atoms with Crippen molar-refractivity contribution in [1.29, 1.82) is 0 Å². The van der Waals surface area contributed by atoms with E-state index in [-0.39, 0.29) is 6.42 Å². The fraction of sp³-hybridized carbons (Fsp3) is 0.936. The molecule has 11 heteroatoms. The van der Waals surface area contributed by atoms with Gasteiger partial charge in [0.25, 0.3) is 0 Å². The minimum atomic E-state index is -1.66. The molecule has 0 aromatic rings. The van der Waals surface area contributed by atoms with Crippen LogP contribution in [0.2, 0.25) is 0 Å². The molecule has 1 amide bonds. The zero-order chi connectivity index (χ0) is 42.6. The second-order valence-corrected chi connectivity index (χ2v) is 17.2. The quantitative estimate of drug-likeness (QED) is 0.0222. The second kappa shape index (κ2) is 37.6. The first kappa shape index (κ1) is 54.9. The van der Waals surface area contributed by atoms with Crippen LogP contribution >= 0.6 is 0 Å². The largest absolute Gasteiger partial charge is 0.394 e. The molecule has 58 heavy (non-hydrogen) atoms. The molecule has 1 aliphatic rings. The molecule has 0 aliphatic carbocycles. The summed E-state index contributed by atoms with van der Waals surface area (Å²) in [5.41, 5.74) is 0. The average molecular weight is 830 g/mol. The Kier molecular flexibility index (Phi) is 35.6. The van der Waals surface area contributed by atoms with Gasteiger partial charge in [0.15, 0.2) is 6.29 Å². The Bertz CT molecular complexity index is 954. The van der Waals surface area contributed by atoms with Crippen molar-refractivity contribution in [1.82, 2.24) is 5.32 Å². The molecule has 1 rings (SSSR count). The van der Waals surface area contributed by atoms with Crippen molar-refractivity contribution in [3.8, 4) is 0 Å². The van der Waals surface area contributed by atoms with Gasteiger partial charge >= 0.3 is 0 Å². The van der Waals surface area contributed by atoms with Crippen molar-refractivity contribution < 1.29 is 50.0 Å². The Hall–Kier alpha value is -1.15. The van der Waals surface area contributed by atoms with Crippen LogP contribution in [0, 0.1) is 0 Å². The molecule has 1 heterocycles. The van der Waals surface area contributed by atoms with E-state index in [1.54, 1.807) is 0 Å². The Morgan fingerprint density at radius 2 is 1.00 bits per heavy atom. The van der Waals surface area contributed by atoms with Gasteiger partial charge in [-0.05, 0) is 38.5 Å². The summed E-state index contributed by atoms with van der Waals surface area (Å²) in [5, 5.41) is 75.7. The number of hydrogen-bond acceptors (Lipinski definition) is 10. The molecule has 0 radical (unpaired) electrons. The van der Waals surface area contributed by atoms with E-state index in [2.05, 4.69) is 31.3 Å². The molecule has 0 spiro atoms. The van der Waals surface area contributed by atoms with Gasteiger partial charge in [0.2, 0.25) is 5.91 Å². The van der Waals surface area contributed by atoms with E-state index in [1.165, 1.54) is 135 Å². The smallest absolute Gasteiger partial charge is 0.249 e. The van der Waals surface area contributed by atoms with Crippen LogP contribution in [0.15, 0.2) is 12.2 Å². The maximum atomic E-state index is 13.1. The molecule has 344 valence electrons. The summed E-state index contributed by atoms with van der Waals surface area (Å²) < 4.78 is 11.1. The predicted octanol–water partition coefficient (Wildman–Crippen LogP) is 8.06. The number of unbranched alkanes of at least 4 members (excludes halogenated alkanes) is 26. The summed E-state index contributed by atoms with van der Waals surface area (Å²) in [6, 6.07) is -1.16. The first-order valence-corrected chi connectivity index (χ1v) is 24.1. The lowest BCUT2D eigenvalue weighted by atomic mass is 9.98. The molecular weight excluding hydrogens is 739 g/mol. The molecule has 1 aliphatic heterocycles. The van der Waals surface area contributed by atoms with Crippen molar-refractivity contribution in [2.75, 3.05) is 13.2 Å². The number of carbonyl (C=O) groups excluding carboxylic acids is 1. The van der Waals surface area contributed by atoms with Crippen LogP contribution in [-0.2, 0) is 14.3 Å². The minimum absolute atomic E-state index is 0.260. The zero-order valence-electron chi connectivity index (χ0n) is 37.0. The Labute approximate surface area is 353 Å². The number of allylic oxidation sites excluding steroid dienone is 2. The number of amides is 1. The molecule has 11 nitrogen and oxygen atoms in total. The number of rotatable bonds is 40. The van der Waals surface area contributed by atoms with E-state index in [4.69, 9.17) is 9.47 Å². The van der Waals surface area contributed by atoms with Gasteiger partial charge < -0.3 is 50.5 Å². The van der Waals surface area contributed by atoms with E-state index in [9.17, 15) is 40.5 Å². The van der Waals surface area contributed by atoms with Gasteiger partial charge in [-0.2, -0.15) is 0 Å². The van der Waals surface area contributed by atoms with Crippen LogP contribution in [0.5, 0.6) is 0 Å². The van der Waals surface area contributed by atoms with Gasteiger partial charge in [0.05, 0.1) is 25.4 Å². The summed E-state index contributed by atoms with van der Waals surface area (Å²) in [7, 11) is 0. The highest BCUT2D eigenvalue weighted by atomic mass is 16.7. The highest BCUT2D eigenvalue weighted by molar-refractivity contribution is 5.80. The second-order valence-electron chi connectivity index (χ2n) is 17.2. The van der Waals surface area contributed by atoms with Crippen LogP contribution < -0.4 is 5.32 Å². The molecule has 9 atom stereocenters. The number of aliphatic hydroxyl groups excluding tert-OH is 7. The van der Waals surface area contributed by atoms with Gasteiger partial charge in [-0.15, -0.1) is 0 Å². The molecular formula is C47H91NO10. The third kappa shape index (κ3) is 26.9.